The van der Waals surface area contributed by atoms with Crippen molar-refractivity contribution in [2.45, 2.75) is 19.9 Å². The van der Waals surface area contributed by atoms with Crippen LogP contribution in [-0.4, -0.2) is 21.8 Å². The molecule has 1 heterocycles. The maximum absolute atomic E-state index is 13.2. The van der Waals surface area contributed by atoms with Crippen LogP contribution in [0.1, 0.15) is 13.3 Å². The number of H-pyrrole nitrogens is 1. The van der Waals surface area contributed by atoms with Crippen LogP contribution in [0.25, 0.3) is 0 Å². The molecule has 0 aliphatic rings. The molecule has 0 radical (unpaired) electrons. The molecule has 6 heteroatoms. The van der Waals surface area contributed by atoms with Crippen molar-refractivity contribution in [3.8, 4) is 0 Å². The van der Waals surface area contributed by atoms with E-state index in [-0.39, 0.29) is 5.82 Å². The smallest absolute Gasteiger partial charge is 0.229 e. The maximum Gasteiger partial charge on any atom is 0.229 e. The summed E-state index contributed by atoms with van der Waals surface area (Å²) in [6.07, 6.45) is 0.956. The first-order valence-corrected chi connectivity index (χ1v) is 6.18. The van der Waals surface area contributed by atoms with Gasteiger partial charge in [-0.25, -0.2) is 9.49 Å². The Balaban J connectivity index is 2.39. The second kappa shape index (κ2) is 5.30. The van der Waals surface area contributed by atoms with Gasteiger partial charge in [-0.3, -0.25) is 4.57 Å². The van der Waals surface area contributed by atoms with Crippen LogP contribution in [0.2, 0.25) is 0 Å². The molecule has 18 heavy (non-hydrogen) atoms. The van der Waals surface area contributed by atoms with E-state index in [0.717, 1.165) is 18.7 Å². The van der Waals surface area contributed by atoms with Crippen LogP contribution in [0.3, 0.4) is 0 Å². The molecule has 0 aliphatic heterocycles. The Morgan fingerprint density at radius 3 is 2.94 bits per heavy atom. The Bertz CT molecular complexity index is 590. The van der Waals surface area contributed by atoms with Crippen molar-refractivity contribution in [1.82, 2.24) is 14.8 Å². The zero-order chi connectivity index (χ0) is 13.1. The molecule has 0 unspecified atom stereocenters. The standard InChI is InChI=1S/C12H15FN4S/c1-3-7-17-11(14-15-12(17)18)16(2)10-6-4-5-9(13)8-10/h4-6,8H,3,7H2,1-2H3,(H,15,18). The van der Waals surface area contributed by atoms with Gasteiger partial charge < -0.3 is 4.90 Å². The van der Waals surface area contributed by atoms with Crippen LogP contribution in [0, 0.1) is 10.6 Å². The number of hydrogen-bond donors (Lipinski definition) is 1. The largest absolute Gasteiger partial charge is 0.314 e. The van der Waals surface area contributed by atoms with Gasteiger partial charge in [-0.15, -0.1) is 5.10 Å². The predicted molar refractivity (Wildman–Crippen MR) is 72.2 cm³/mol. The van der Waals surface area contributed by atoms with Crippen molar-refractivity contribution in [1.29, 1.82) is 0 Å². The number of rotatable bonds is 4. The summed E-state index contributed by atoms with van der Waals surface area (Å²) in [5, 5.41) is 6.96. The Morgan fingerprint density at radius 2 is 2.28 bits per heavy atom. The first-order chi connectivity index (χ1) is 8.63. The predicted octanol–water partition coefficient (Wildman–Crippen LogP) is 3.26. The molecule has 0 atom stereocenters. The van der Waals surface area contributed by atoms with Gasteiger partial charge in [0.1, 0.15) is 5.82 Å². The topological polar surface area (TPSA) is 36.9 Å². The number of aromatic amines is 1. The lowest BCUT2D eigenvalue weighted by Gasteiger charge is -2.18. The van der Waals surface area contributed by atoms with E-state index in [1.54, 1.807) is 6.07 Å². The number of nitrogens with one attached hydrogen (secondary N) is 1. The molecule has 1 N–H and O–H groups in total. The number of benzene rings is 1. The number of aromatic nitrogens is 3. The van der Waals surface area contributed by atoms with Gasteiger partial charge in [0.2, 0.25) is 5.95 Å². The molecule has 0 bridgehead atoms. The highest BCUT2D eigenvalue weighted by Crippen LogP contribution is 2.22. The second-order valence-corrected chi connectivity index (χ2v) is 4.41. The summed E-state index contributed by atoms with van der Waals surface area (Å²) in [6, 6.07) is 6.39. The van der Waals surface area contributed by atoms with Gasteiger partial charge in [-0.05, 0) is 36.8 Å². The molecular weight excluding hydrogens is 251 g/mol. The fourth-order valence-electron chi connectivity index (χ4n) is 1.79. The molecule has 2 rings (SSSR count). The van der Waals surface area contributed by atoms with Crippen LogP contribution in [0.4, 0.5) is 16.0 Å². The first kappa shape index (κ1) is 12.8. The minimum Gasteiger partial charge on any atom is -0.314 e. The quantitative estimate of drug-likeness (QED) is 0.863. The monoisotopic (exact) mass is 266 g/mol. The fraction of sp³-hybridized carbons (Fsp3) is 0.333. The van der Waals surface area contributed by atoms with Gasteiger partial charge in [0.15, 0.2) is 4.77 Å². The Kier molecular flexibility index (Phi) is 3.76. The minimum absolute atomic E-state index is 0.268. The Hall–Kier alpha value is -1.69. The van der Waals surface area contributed by atoms with Crippen molar-refractivity contribution in [3.05, 3.63) is 34.9 Å². The molecular formula is C12H15FN4S. The average molecular weight is 266 g/mol. The molecule has 0 aliphatic carbocycles. The summed E-state index contributed by atoms with van der Waals surface area (Å²) in [5.74, 6) is 0.419. The van der Waals surface area contributed by atoms with E-state index in [0.29, 0.717) is 10.7 Å². The molecule has 0 fully saturated rings. The van der Waals surface area contributed by atoms with Gasteiger partial charge >= 0.3 is 0 Å². The van der Waals surface area contributed by atoms with Gasteiger partial charge in [0.25, 0.3) is 0 Å². The lowest BCUT2D eigenvalue weighted by molar-refractivity contribution is 0.627. The summed E-state index contributed by atoms with van der Waals surface area (Å²) in [7, 11) is 1.84. The first-order valence-electron chi connectivity index (χ1n) is 5.78. The van der Waals surface area contributed by atoms with Crippen LogP contribution in [0.5, 0.6) is 0 Å². The zero-order valence-electron chi connectivity index (χ0n) is 10.4. The average Bonchev–Trinajstić information content (AvgIpc) is 2.71. The highest BCUT2D eigenvalue weighted by molar-refractivity contribution is 7.71. The minimum atomic E-state index is -0.268. The third-order valence-corrected chi connectivity index (χ3v) is 2.99. The van der Waals surface area contributed by atoms with Crippen LogP contribution in [-0.2, 0) is 6.54 Å². The zero-order valence-corrected chi connectivity index (χ0v) is 11.2. The van der Waals surface area contributed by atoms with E-state index in [1.165, 1.54) is 12.1 Å². The van der Waals surface area contributed by atoms with E-state index < -0.39 is 0 Å². The molecule has 0 amide bonds. The van der Waals surface area contributed by atoms with Crippen LogP contribution < -0.4 is 4.90 Å². The molecule has 0 saturated carbocycles. The number of halogens is 1. The maximum atomic E-state index is 13.2. The Morgan fingerprint density at radius 1 is 1.50 bits per heavy atom. The molecule has 0 spiro atoms. The third-order valence-electron chi connectivity index (χ3n) is 2.68. The molecule has 1 aromatic heterocycles. The number of hydrogen-bond acceptors (Lipinski definition) is 3. The molecule has 1 aromatic carbocycles. The van der Waals surface area contributed by atoms with Crippen molar-refractivity contribution in [3.63, 3.8) is 0 Å². The molecule has 2 aromatic rings. The summed E-state index contributed by atoms with van der Waals surface area (Å²) in [5.41, 5.74) is 0.737. The summed E-state index contributed by atoms with van der Waals surface area (Å²) < 4.78 is 15.7. The SMILES string of the molecule is CCCn1c(N(C)c2cccc(F)c2)n[nH]c1=S. The van der Waals surface area contributed by atoms with Crippen molar-refractivity contribution < 1.29 is 4.39 Å². The van der Waals surface area contributed by atoms with E-state index in [1.807, 2.05) is 22.6 Å². The van der Waals surface area contributed by atoms with Gasteiger partial charge in [0, 0.05) is 19.3 Å². The highest BCUT2D eigenvalue weighted by Gasteiger charge is 2.12. The lowest BCUT2D eigenvalue weighted by atomic mass is 10.3. The lowest BCUT2D eigenvalue weighted by Crippen LogP contribution is -2.16. The number of anilines is 2. The van der Waals surface area contributed by atoms with E-state index in [2.05, 4.69) is 17.1 Å². The van der Waals surface area contributed by atoms with Gasteiger partial charge in [0.05, 0.1) is 0 Å². The van der Waals surface area contributed by atoms with Crippen LogP contribution >= 0.6 is 12.2 Å². The summed E-state index contributed by atoms with van der Waals surface area (Å²) in [4.78, 5) is 1.81. The summed E-state index contributed by atoms with van der Waals surface area (Å²) in [6.45, 7) is 2.85. The molecule has 4 nitrogen and oxygen atoms in total. The van der Waals surface area contributed by atoms with E-state index in [4.69, 9.17) is 12.2 Å². The Labute approximate surface area is 110 Å². The molecule has 0 saturated heterocycles. The van der Waals surface area contributed by atoms with Gasteiger partial charge in [-0.2, -0.15) is 0 Å². The van der Waals surface area contributed by atoms with E-state index in [9.17, 15) is 4.39 Å². The van der Waals surface area contributed by atoms with Gasteiger partial charge in [-0.1, -0.05) is 13.0 Å². The fourth-order valence-corrected chi connectivity index (χ4v) is 2.01. The van der Waals surface area contributed by atoms with E-state index >= 15 is 0 Å². The van der Waals surface area contributed by atoms with Crippen molar-refractivity contribution in [2.24, 2.45) is 0 Å². The third kappa shape index (κ3) is 2.43. The van der Waals surface area contributed by atoms with Crippen molar-refractivity contribution >= 4 is 23.9 Å². The van der Waals surface area contributed by atoms with Crippen LogP contribution in [0.15, 0.2) is 24.3 Å². The second-order valence-electron chi connectivity index (χ2n) is 4.02. The van der Waals surface area contributed by atoms with Crippen molar-refractivity contribution in [2.75, 3.05) is 11.9 Å². The molecule has 96 valence electrons. The highest BCUT2D eigenvalue weighted by atomic mass is 32.1. The normalized spacial score (nSPS) is 10.6. The summed E-state index contributed by atoms with van der Waals surface area (Å²) >= 11 is 5.18. The number of nitrogens with zero attached hydrogens (tertiary/aromatic N) is 3.